The van der Waals surface area contributed by atoms with Crippen molar-refractivity contribution in [2.24, 2.45) is 5.41 Å². The molecular weight excluding hydrogens is 228 g/mol. The van der Waals surface area contributed by atoms with E-state index in [0.29, 0.717) is 6.61 Å². The van der Waals surface area contributed by atoms with Gasteiger partial charge in [-0.2, -0.15) is 5.10 Å². The Kier molecular flexibility index (Phi) is 4.40. The van der Waals surface area contributed by atoms with Crippen molar-refractivity contribution in [1.82, 2.24) is 9.78 Å². The summed E-state index contributed by atoms with van der Waals surface area (Å²) in [5.74, 6) is 0. The predicted octanol–water partition coefficient (Wildman–Crippen LogP) is 1.80. The summed E-state index contributed by atoms with van der Waals surface area (Å²) in [6.07, 6.45) is 3.91. The molecule has 0 radical (unpaired) electrons. The first-order chi connectivity index (χ1) is 8.73. The number of ether oxygens (including phenoxy) is 1. The number of hydrogen-bond acceptors (Lipinski definition) is 3. The van der Waals surface area contributed by atoms with E-state index in [1.807, 2.05) is 0 Å². The average Bonchev–Trinajstić information content (AvgIpc) is 2.82. The summed E-state index contributed by atoms with van der Waals surface area (Å²) >= 11 is 0. The number of rotatable bonds is 5. The van der Waals surface area contributed by atoms with Crippen LogP contribution in [0.3, 0.4) is 0 Å². The number of aryl methyl sites for hydroxylation is 2. The maximum atomic E-state index is 9.72. The molecule has 18 heavy (non-hydrogen) atoms. The molecule has 1 unspecified atom stereocenters. The lowest BCUT2D eigenvalue weighted by atomic mass is 9.79. The number of nitrogens with zero attached hydrogens (tertiary/aromatic N) is 2. The summed E-state index contributed by atoms with van der Waals surface area (Å²) in [5.41, 5.74) is 2.27. The quantitative estimate of drug-likeness (QED) is 0.869. The Hall–Kier alpha value is -0.870. The lowest BCUT2D eigenvalue weighted by molar-refractivity contribution is -0.0388. The van der Waals surface area contributed by atoms with Crippen molar-refractivity contribution >= 4 is 0 Å². The van der Waals surface area contributed by atoms with E-state index in [2.05, 4.69) is 29.7 Å². The largest absolute Gasteiger partial charge is 0.396 e. The molecule has 4 heteroatoms. The van der Waals surface area contributed by atoms with Gasteiger partial charge in [0.05, 0.1) is 18.9 Å². The molecule has 0 aliphatic carbocycles. The molecule has 0 aromatic carbocycles. The standard InChI is InChI=1S/C14H24N2O2/c1-3-12-8-13(16(4-2)15-12)9-14(10-17)6-5-7-18-11-14/h8,17H,3-7,9-11H2,1-2H3. The van der Waals surface area contributed by atoms with Crippen LogP contribution in [0.2, 0.25) is 0 Å². The summed E-state index contributed by atoms with van der Waals surface area (Å²) in [5, 5.41) is 14.3. The Morgan fingerprint density at radius 1 is 1.50 bits per heavy atom. The zero-order valence-electron chi connectivity index (χ0n) is 11.5. The average molecular weight is 252 g/mol. The number of aromatic nitrogens is 2. The van der Waals surface area contributed by atoms with Crippen LogP contribution in [-0.4, -0.2) is 34.7 Å². The van der Waals surface area contributed by atoms with Gasteiger partial charge in [0, 0.05) is 24.3 Å². The molecule has 0 spiro atoms. The molecule has 102 valence electrons. The monoisotopic (exact) mass is 252 g/mol. The van der Waals surface area contributed by atoms with E-state index < -0.39 is 0 Å². The van der Waals surface area contributed by atoms with Crippen LogP contribution in [0.1, 0.15) is 38.1 Å². The van der Waals surface area contributed by atoms with Crippen LogP contribution in [-0.2, 0) is 24.1 Å². The zero-order chi connectivity index (χ0) is 13.0. The lowest BCUT2D eigenvalue weighted by Gasteiger charge is -2.35. The van der Waals surface area contributed by atoms with Crippen molar-refractivity contribution in [2.45, 2.75) is 46.1 Å². The van der Waals surface area contributed by atoms with Gasteiger partial charge in [0.25, 0.3) is 0 Å². The van der Waals surface area contributed by atoms with Gasteiger partial charge in [-0.25, -0.2) is 0 Å². The van der Waals surface area contributed by atoms with Gasteiger partial charge in [-0.3, -0.25) is 4.68 Å². The number of aliphatic hydroxyl groups excluding tert-OH is 1. The van der Waals surface area contributed by atoms with Crippen molar-refractivity contribution in [3.05, 3.63) is 17.5 Å². The highest BCUT2D eigenvalue weighted by atomic mass is 16.5. The Morgan fingerprint density at radius 3 is 2.89 bits per heavy atom. The zero-order valence-corrected chi connectivity index (χ0v) is 11.5. The van der Waals surface area contributed by atoms with E-state index in [4.69, 9.17) is 4.74 Å². The molecule has 1 atom stereocenters. The highest BCUT2D eigenvalue weighted by Gasteiger charge is 2.33. The minimum absolute atomic E-state index is 0.101. The van der Waals surface area contributed by atoms with Crippen LogP contribution in [0.4, 0.5) is 0 Å². The molecule has 4 nitrogen and oxygen atoms in total. The normalized spacial score (nSPS) is 24.4. The predicted molar refractivity (Wildman–Crippen MR) is 70.6 cm³/mol. The van der Waals surface area contributed by atoms with Gasteiger partial charge in [-0.1, -0.05) is 6.92 Å². The van der Waals surface area contributed by atoms with Crippen LogP contribution in [0.15, 0.2) is 6.07 Å². The number of aliphatic hydroxyl groups is 1. The maximum absolute atomic E-state index is 9.72. The third-order valence-electron chi connectivity index (χ3n) is 3.87. The molecule has 1 aliphatic heterocycles. The van der Waals surface area contributed by atoms with Crippen molar-refractivity contribution in [2.75, 3.05) is 19.8 Å². The smallest absolute Gasteiger partial charge is 0.0624 e. The SMILES string of the molecule is CCc1cc(CC2(CO)CCCOC2)n(CC)n1. The summed E-state index contributed by atoms with van der Waals surface area (Å²) in [7, 11) is 0. The molecule has 2 rings (SSSR count). The minimum Gasteiger partial charge on any atom is -0.396 e. The van der Waals surface area contributed by atoms with E-state index in [-0.39, 0.29) is 12.0 Å². The summed E-state index contributed by atoms with van der Waals surface area (Å²) in [6.45, 7) is 6.81. The molecule has 0 saturated carbocycles. The summed E-state index contributed by atoms with van der Waals surface area (Å²) < 4.78 is 7.63. The van der Waals surface area contributed by atoms with Gasteiger partial charge in [0.1, 0.15) is 0 Å². The van der Waals surface area contributed by atoms with Crippen molar-refractivity contribution < 1.29 is 9.84 Å². The first-order valence-corrected chi connectivity index (χ1v) is 6.97. The molecular formula is C14H24N2O2. The van der Waals surface area contributed by atoms with Crippen molar-refractivity contribution in [3.8, 4) is 0 Å². The lowest BCUT2D eigenvalue weighted by Crippen LogP contribution is -2.37. The van der Waals surface area contributed by atoms with Crippen LogP contribution < -0.4 is 0 Å². The van der Waals surface area contributed by atoms with E-state index in [9.17, 15) is 5.11 Å². The van der Waals surface area contributed by atoms with Crippen LogP contribution >= 0.6 is 0 Å². The molecule has 1 N–H and O–H groups in total. The fraction of sp³-hybridized carbons (Fsp3) is 0.786. The summed E-state index contributed by atoms with van der Waals surface area (Å²) in [4.78, 5) is 0. The van der Waals surface area contributed by atoms with Gasteiger partial charge < -0.3 is 9.84 Å². The van der Waals surface area contributed by atoms with E-state index in [1.165, 1.54) is 5.69 Å². The second-order valence-electron chi connectivity index (χ2n) is 5.29. The van der Waals surface area contributed by atoms with Gasteiger partial charge in [0.2, 0.25) is 0 Å². The van der Waals surface area contributed by atoms with Gasteiger partial charge in [0.15, 0.2) is 0 Å². The Bertz CT molecular complexity index is 381. The molecule has 1 aromatic heterocycles. The molecule has 0 bridgehead atoms. The molecule has 1 saturated heterocycles. The Balaban J connectivity index is 2.17. The highest BCUT2D eigenvalue weighted by molar-refractivity contribution is 5.13. The minimum atomic E-state index is -0.101. The van der Waals surface area contributed by atoms with Crippen LogP contribution in [0.25, 0.3) is 0 Å². The molecule has 2 heterocycles. The fourth-order valence-corrected chi connectivity index (χ4v) is 2.72. The fourth-order valence-electron chi connectivity index (χ4n) is 2.72. The van der Waals surface area contributed by atoms with Crippen molar-refractivity contribution in [3.63, 3.8) is 0 Å². The van der Waals surface area contributed by atoms with E-state index in [1.54, 1.807) is 0 Å². The molecule has 1 aromatic rings. The van der Waals surface area contributed by atoms with Crippen LogP contribution in [0, 0.1) is 5.41 Å². The molecule has 1 fully saturated rings. The van der Waals surface area contributed by atoms with Crippen LogP contribution in [0.5, 0.6) is 0 Å². The second kappa shape index (κ2) is 5.85. The Morgan fingerprint density at radius 2 is 2.33 bits per heavy atom. The third kappa shape index (κ3) is 2.75. The molecule has 0 amide bonds. The van der Waals surface area contributed by atoms with Crippen molar-refractivity contribution in [1.29, 1.82) is 0 Å². The first kappa shape index (κ1) is 13.6. The third-order valence-corrected chi connectivity index (χ3v) is 3.87. The van der Waals surface area contributed by atoms with E-state index >= 15 is 0 Å². The second-order valence-corrected chi connectivity index (χ2v) is 5.29. The molecule has 1 aliphatic rings. The van der Waals surface area contributed by atoms with Gasteiger partial charge >= 0.3 is 0 Å². The highest BCUT2D eigenvalue weighted by Crippen LogP contribution is 2.32. The Labute approximate surface area is 109 Å². The number of hydrogen-bond donors (Lipinski definition) is 1. The topological polar surface area (TPSA) is 47.3 Å². The van der Waals surface area contributed by atoms with Gasteiger partial charge in [-0.15, -0.1) is 0 Å². The van der Waals surface area contributed by atoms with Gasteiger partial charge in [-0.05, 0) is 38.7 Å². The summed E-state index contributed by atoms with van der Waals surface area (Å²) in [6, 6.07) is 2.18. The maximum Gasteiger partial charge on any atom is 0.0624 e. The van der Waals surface area contributed by atoms with E-state index in [0.717, 1.165) is 44.5 Å². The first-order valence-electron chi connectivity index (χ1n) is 6.97.